The number of carboxylic acids is 1. The van der Waals surface area contributed by atoms with E-state index in [9.17, 15) is 4.79 Å². The lowest BCUT2D eigenvalue weighted by molar-refractivity contribution is -0.141. The molecule has 0 amide bonds. The highest BCUT2D eigenvalue weighted by molar-refractivity contribution is 5.74. The van der Waals surface area contributed by atoms with Gasteiger partial charge in [0.05, 0.1) is 6.61 Å². The first-order chi connectivity index (χ1) is 5.13. The minimum Gasteiger partial charge on any atom is -0.480 e. The van der Waals surface area contributed by atoms with Gasteiger partial charge in [-0.2, -0.15) is 0 Å². The van der Waals surface area contributed by atoms with Gasteiger partial charge in [-0.05, 0) is 12.5 Å². The van der Waals surface area contributed by atoms with Gasteiger partial charge < -0.3 is 15.6 Å². The predicted octanol–water partition coefficient (Wildman–Crippen LogP) is -0.257. The summed E-state index contributed by atoms with van der Waals surface area (Å²) in [5.74, 6) is -1.02. The first-order valence-corrected chi connectivity index (χ1v) is 3.39. The third-order valence-electron chi connectivity index (χ3n) is 1.74. The second-order valence-electron chi connectivity index (χ2n) is 2.57. The molecule has 0 saturated carbocycles. The molecule has 1 aliphatic heterocycles. The van der Waals surface area contributed by atoms with Crippen molar-refractivity contribution in [1.29, 1.82) is 0 Å². The van der Waals surface area contributed by atoms with Crippen molar-refractivity contribution in [3.05, 3.63) is 11.6 Å². The summed E-state index contributed by atoms with van der Waals surface area (Å²) in [5.41, 5.74) is 6.25. The predicted molar refractivity (Wildman–Crippen MR) is 39.1 cm³/mol. The molecule has 0 radical (unpaired) electrons. The van der Waals surface area contributed by atoms with Crippen LogP contribution in [0.25, 0.3) is 0 Å². The Bertz CT molecular complexity index is 200. The van der Waals surface area contributed by atoms with Gasteiger partial charge in [-0.25, -0.2) is 0 Å². The minimum absolute atomic E-state index is 0.438. The van der Waals surface area contributed by atoms with Gasteiger partial charge in [0.1, 0.15) is 12.1 Å². The zero-order valence-electron chi connectivity index (χ0n) is 6.28. The van der Waals surface area contributed by atoms with Crippen molar-refractivity contribution >= 4 is 5.97 Å². The van der Waals surface area contributed by atoms with Crippen LogP contribution in [-0.2, 0) is 9.53 Å². The molecule has 1 heterocycles. The maximum Gasteiger partial charge on any atom is 0.323 e. The topological polar surface area (TPSA) is 72.5 Å². The molecule has 3 N–H and O–H groups in total. The maximum absolute atomic E-state index is 10.4. The van der Waals surface area contributed by atoms with Crippen molar-refractivity contribution in [2.45, 2.75) is 19.1 Å². The fourth-order valence-corrected chi connectivity index (χ4v) is 1.05. The quantitative estimate of drug-likeness (QED) is 0.542. The molecule has 0 bridgehead atoms. The summed E-state index contributed by atoms with van der Waals surface area (Å²) in [5, 5.41) is 8.53. The van der Waals surface area contributed by atoms with Gasteiger partial charge >= 0.3 is 5.97 Å². The largest absolute Gasteiger partial charge is 0.480 e. The Morgan fingerprint density at radius 3 is 3.00 bits per heavy atom. The van der Waals surface area contributed by atoms with Crippen LogP contribution in [0.1, 0.15) is 6.92 Å². The molecule has 0 spiro atoms. The van der Waals surface area contributed by atoms with E-state index in [1.54, 1.807) is 0 Å². The van der Waals surface area contributed by atoms with Crippen LogP contribution in [0.4, 0.5) is 0 Å². The summed E-state index contributed by atoms with van der Waals surface area (Å²) >= 11 is 0. The number of hydrogen-bond donors (Lipinski definition) is 2. The molecular weight excluding hydrogens is 146 g/mol. The van der Waals surface area contributed by atoms with Crippen molar-refractivity contribution in [2.24, 2.45) is 5.73 Å². The number of rotatable bonds is 2. The van der Waals surface area contributed by atoms with E-state index in [4.69, 9.17) is 15.6 Å². The molecule has 0 aliphatic carbocycles. The molecule has 2 atom stereocenters. The molecule has 11 heavy (non-hydrogen) atoms. The Kier molecular flexibility index (Phi) is 2.26. The molecule has 0 unspecified atom stereocenters. The standard InChI is InChI=1S/C7H11NO3/c1-4-2-3-11-6(4)5(8)7(9)10/h2,5-6H,3,8H2,1H3,(H,9,10)/t5-,6+/m0/s1. The molecule has 1 aliphatic rings. The zero-order chi connectivity index (χ0) is 8.43. The van der Waals surface area contributed by atoms with Gasteiger partial charge in [-0.1, -0.05) is 6.08 Å². The van der Waals surface area contributed by atoms with E-state index < -0.39 is 18.1 Å². The van der Waals surface area contributed by atoms with Crippen molar-refractivity contribution in [3.8, 4) is 0 Å². The number of nitrogens with two attached hydrogens (primary N) is 1. The lowest BCUT2D eigenvalue weighted by atomic mass is 10.1. The van der Waals surface area contributed by atoms with Crippen LogP contribution >= 0.6 is 0 Å². The zero-order valence-corrected chi connectivity index (χ0v) is 6.28. The number of carbonyl (C=O) groups is 1. The molecule has 62 valence electrons. The number of ether oxygens (including phenoxy) is 1. The highest BCUT2D eigenvalue weighted by atomic mass is 16.5. The van der Waals surface area contributed by atoms with Crippen LogP contribution in [0.3, 0.4) is 0 Å². The summed E-state index contributed by atoms with van der Waals surface area (Å²) < 4.78 is 5.09. The summed E-state index contributed by atoms with van der Waals surface area (Å²) in [6.45, 7) is 2.29. The van der Waals surface area contributed by atoms with Crippen LogP contribution in [0.15, 0.2) is 11.6 Å². The second-order valence-corrected chi connectivity index (χ2v) is 2.57. The van der Waals surface area contributed by atoms with Crippen molar-refractivity contribution < 1.29 is 14.6 Å². The van der Waals surface area contributed by atoms with E-state index in [0.29, 0.717) is 6.61 Å². The SMILES string of the molecule is CC1=CCO[C@H]1[C@H](N)C(=O)O. The Morgan fingerprint density at radius 2 is 2.64 bits per heavy atom. The summed E-state index contributed by atoms with van der Waals surface area (Å²) in [6.07, 6.45) is 1.40. The molecule has 0 saturated heterocycles. The average Bonchev–Trinajstić information content (AvgIpc) is 2.33. The minimum atomic E-state index is -1.02. The monoisotopic (exact) mass is 157 g/mol. The first-order valence-electron chi connectivity index (χ1n) is 3.39. The van der Waals surface area contributed by atoms with Crippen molar-refractivity contribution in [1.82, 2.24) is 0 Å². The van der Waals surface area contributed by atoms with Crippen LogP contribution in [0.5, 0.6) is 0 Å². The summed E-state index contributed by atoms with van der Waals surface area (Å²) in [7, 11) is 0. The van der Waals surface area contributed by atoms with Crippen LogP contribution in [-0.4, -0.2) is 29.8 Å². The summed E-state index contributed by atoms with van der Waals surface area (Å²) in [6, 6.07) is -0.936. The average molecular weight is 157 g/mol. The van der Waals surface area contributed by atoms with Gasteiger partial charge in [-0.3, -0.25) is 4.79 Å². The molecule has 1 rings (SSSR count). The van der Waals surface area contributed by atoms with E-state index in [1.165, 1.54) is 0 Å². The van der Waals surface area contributed by atoms with E-state index in [-0.39, 0.29) is 0 Å². The highest BCUT2D eigenvalue weighted by Gasteiger charge is 2.28. The molecule has 0 fully saturated rings. The van der Waals surface area contributed by atoms with Gasteiger partial charge in [-0.15, -0.1) is 0 Å². The van der Waals surface area contributed by atoms with Gasteiger partial charge in [0, 0.05) is 0 Å². The fraction of sp³-hybridized carbons (Fsp3) is 0.571. The number of hydrogen-bond acceptors (Lipinski definition) is 3. The molecule has 0 aromatic heterocycles. The Hall–Kier alpha value is -0.870. The molecule has 4 heteroatoms. The molecule has 0 aromatic rings. The second kappa shape index (κ2) is 3.02. The van der Waals surface area contributed by atoms with Gasteiger partial charge in [0.2, 0.25) is 0 Å². The van der Waals surface area contributed by atoms with E-state index in [2.05, 4.69) is 0 Å². The fourth-order valence-electron chi connectivity index (χ4n) is 1.05. The van der Waals surface area contributed by atoms with Gasteiger partial charge in [0.25, 0.3) is 0 Å². The van der Waals surface area contributed by atoms with E-state index in [1.807, 2.05) is 13.0 Å². The third-order valence-corrected chi connectivity index (χ3v) is 1.74. The number of aliphatic carboxylic acids is 1. The van der Waals surface area contributed by atoms with Crippen LogP contribution < -0.4 is 5.73 Å². The normalized spacial score (nSPS) is 26.4. The smallest absolute Gasteiger partial charge is 0.323 e. The maximum atomic E-state index is 10.4. The van der Waals surface area contributed by atoms with Crippen LogP contribution in [0, 0.1) is 0 Å². The Morgan fingerprint density at radius 1 is 2.00 bits per heavy atom. The lowest BCUT2D eigenvalue weighted by Gasteiger charge is -2.15. The lowest BCUT2D eigenvalue weighted by Crippen LogP contribution is -2.42. The van der Waals surface area contributed by atoms with Crippen molar-refractivity contribution in [3.63, 3.8) is 0 Å². The third kappa shape index (κ3) is 1.58. The molecule has 0 aromatic carbocycles. The van der Waals surface area contributed by atoms with E-state index in [0.717, 1.165) is 5.57 Å². The Labute approximate surface area is 64.6 Å². The van der Waals surface area contributed by atoms with Crippen LogP contribution in [0.2, 0.25) is 0 Å². The number of carboxylic acid groups (broad SMARTS) is 1. The highest BCUT2D eigenvalue weighted by Crippen LogP contribution is 2.15. The first kappa shape index (κ1) is 8.23. The molecule has 4 nitrogen and oxygen atoms in total. The van der Waals surface area contributed by atoms with Crippen molar-refractivity contribution in [2.75, 3.05) is 6.61 Å². The Balaban J connectivity index is 2.61. The molecular formula is C7H11NO3. The van der Waals surface area contributed by atoms with E-state index >= 15 is 0 Å². The van der Waals surface area contributed by atoms with Gasteiger partial charge in [0.15, 0.2) is 0 Å². The summed E-state index contributed by atoms with van der Waals surface area (Å²) in [4.78, 5) is 10.4.